The third-order valence-corrected chi connectivity index (χ3v) is 5.47. The van der Waals surface area contributed by atoms with E-state index in [1.807, 2.05) is 30.0 Å². The molecular formula is C21H21ClFN3O. The molecule has 1 aromatic heterocycles. The standard InChI is InChI=1S/C21H21ClFN3O/c1-14-18(19-12-15(22)2-7-20(19)24-14)13-21(27)26-10-8-25(9-11-26)17-5-3-16(23)4-6-17/h2-7,12,24H,8-11,13H2,1H3. The van der Waals surface area contributed by atoms with Gasteiger partial charge in [-0.05, 0) is 55.0 Å². The van der Waals surface area contributed by atoms with Crippen LogP contribution in [0, 0.1) is 12.7 Å². The molecule has 0 spiro atoms. The fourth-order valence-electron chi connectivity index (χ4n) is 3.71. The minimum Gasteiger partial charge on any atom is -0.368 e. The molecule has 1 saturated heterocycles. The van der Waals surface area contributed by atoms with Crippen LogP contribution < -0.4 is 4.90 Å². The number of hydrogen-bond acceptors (Lipinski definition) is 2. The summed E-state index contributed by atoms with van der Waals surface area (Å²) < 4.78 is 13.1. The number of amides is 1. The zero-order valence-electron chi connectivity index (χ0n) is 15.1. The maximum absolute atomic E-state index is 13.1. The molecule has 6 heteroatoms. The van der Waals surface area contributed by atoms with Crippen molar-refractivity contribution in [1.29, 1.82) is 0 Å². The zero-order chi connectivity index (χ0) is 19.0. The number of aromatic amines is 1. The van der Waals surface area contributed by atoms with Crippen LogP contribution in [0.5, 0.6) is 0 Å². The number of benzene rings is 2. The van der Waals surface area contributed by atoms with E-state index < -0.39 is 0 Å². The number of fused-ring (bicyclic) bond motifs is 1. The van der Waals surface area contributed by atoms with Crippen LogP contribution in [0.1, 0.15) is 11.3 Å². The summed E-state index contributed by atoms with van der Waals surface area (Å²) in [5.41, 5.74) is 4.01. The first-order chi connectivity index (χ1) is 13.0. The number of aryl methyl sites for hydroxylation is 1. The van der Waals surface area contributed by atoms with Crippen molar-refractivity contribution in [2.75, 3.05) is 31.1 Å². The van der Waals surface area contributed by atoms with Crippen molar-refractivity contribution in [3.05, 3.63) is 64.6 Å². The van der Waals surface area contributed by atoms with Crippen LogP contribution in [-0.2, 0) is 11.2 Å². The van der Waals surface area contributed by atoms with Crippen LogP contribution >= 0.6 is 11.6 Å². The van der Waals surface area contributed by atoms with Crippen LogP contribution in [0.4, 0.5) is 10.1 Å². The number of H-pyrrole nitrogens is 1. The van der Waals surface area contributed by atoms with E-state index in [1.165, 1.54) is 12.1 Å². The summed E-state index contributed by atoms with van der Waals surface area (Å²) in [6.07, 6.45) is 0.364. The molecule has 0 bridgehead atoms. The van der Waals surface area contributed by atoms with Gasteiger partial charge in [-0.2, -0.15) is 0 Å². The highest BCUT2D eigenvalue weighted by molar-refractivity contribution is 6.31. The van der Waals surface area contributed by atoms with Gasteiger partial charge in [0.2, 0.25) is 5.91 Å². The van der Waals surface area contributed by atoms with Gasteiger partial charge in [-0.3, -0.25) is 4.79 Å². The Morgan fingerprint density at radius 2 is 1.81 bits per heavy atom. The first-order valence-electron chi connectivity index (χ1n) is 9.06. The van der Waals surface area contributed by atoms with E-state index in [9.17, 15) is 9.18 Å². The van der Waals surface area contributed by atoms with Crippen LogP contribution in [-0.4, -0.2) is 42.0 Å². The van der Waals surface area contributed by atoms with Gasteiger partial charge >= 0.3 is 0 Å². The predicted octanol–water partition coefficient (Wildman–Crippen LogP) is 4.16. The first kappa shape index (κ1) is 17.9. The van der Waals surface area contributed by atoms with Crippen molar-refractivity contribution in [1.82, 2.24) is 9.88 Å². The van der Waals surface area contributed by atoms with E-state index in [2.05, 4.69) is 9.88 Å². The molecule has 1 fully saturated rings. The van der Waals surface area contributed by atoms with E-state index in [1.54, 1.807) is 12.1 Å². The SMILES string of the molecule is Cc1[nH]c2ccc(Cl)cc2c1CC(=O)N1CCN(c2ccc(F)cc2)CC1. The molecule has 4 nitrogen and oxygen atoms in total. The molecule has 1 amide bonds. The number of rotatable bonds is 3. The Morgan fingerprint density at radius 3 is 2.52 bits per heavy atom. The molecule has 0 radical (unpaired) electrons. The van der Waals surface area contributed by atoms with Crippen LogP contribution in [0.25, 0.3) is 10.9 Å². The monoisotopic (exact) mass is 385 g/mol. The smallest absolute Gasteiger partial charge is 0.227 e. The van der Waals surface area contributed by atoms with Crippen LogP contribution in [0.3, 0.4) is 0 Å². The number of carbonyl (C=O) groups excluding carboxylic acids is 1. The first-order valence-corrected chi connectivity index (χ1v) is 9.44. The topological polar surface area (TPSA) is 39.3 Å². The number of carbonyl (C=O) groups is 1. The van der Waals surface area contributed by atoms with Gasteiger partial charge < -0.3 is 14.8 Å². The fraction of sp³-hybridized carbons (Fsp3) is 0.286. The van der Waals surface area contributed by atoms with E-state index in [0.29, 0.717) is 24.5 Å². The summed E-state index contributed by atoms with van der Waals surface area (Å²) in [6, 6.07) is 12.2. The molecule has 1 N–H and O–H groups in total. The van der Waals surface area contributed by atoms with Gasteiger partial charge in [0, 0.05) is 53.5 Å². The quantitative estimate of drug-likeness (QED) is 0.735. The molecule has 140 valence electrons. The van der Waals surface area contributed by atoms with Gasteiger partial charge in [0.15, 0.2) is 0 Å². The lowest BCUT2D eigenvalue weighted by molar-refractivity contribution is -0.130. The number of hydrogen-bond donors (Lipinski definition) is 1. The number of halogens is 2. The highest BCUT2D eigenvalue weighted by Gasteiger charge is 2.23. The maximum Gasteiger partial charge on any atom is 0.227 e. The molecule has 1 aliphatic rings. The lowest BCUT2D eigenvalue weighted by Gasteiger charge is -2.36. The molecule has 4 rings (SSSR count). The Bertz CT molecular complexity index is 975. The van der Waals surface area contributed by atoms with Gasteiger partial charge in [0.25, 0.3) is 0 Å². The van der Waals surface area contributed by atoms with E-state index in [4.69, 9.17) is 11.6 Å². The molecule has 0 unspecified atom stereocenters. The lowest BCUT2D eigenvalue weighted by Crippen LogP contribution is -2.49. The fourth-order valence-corrected chi connectivity index (χ4v) is 3.88. The summed E-state index contributed by atoms with van der Waals surface area (Å²) in [5, 5.41) is 1.68. The van der Waals surface area contributed by atoms with Crippen LogP contribution in [0.15, 0.2) is 42.5 Å². The average molecular weight is 386 g/mol. The molecule has 2 aromatic carbocycles. The average Bonchev–Trinajstić information content (AvgIpc) is 2.97. The zero-order valence-corrected chi connectivity index (χ0v) is 15.9. The van der Waals surface area contributed by atoms with Crippen molar-refractivity contribution in [2.24, 2.45) is 0 Å². The van der Waals surface area contributed by atoms with Crippen molar-refractivity contribution < 1.29 is 9.18 Å². The highest BCUT2D eigenvalue weighted by atomic mass is 35.5. The highest BCUT2D eigenvalue weighted by Crippen LogP contribution is 2.26. The summed E-state index contributed by atoms with van der Waals surface area (Å²) in [5.74, 6) is -0.112. The predicted molar refractivity (Wildman–Crippen MR) is 107 cm³/mol. The molecule has 1 aliphatic heterocycles. The second kappa shape index (κ2) is 7.24. The third kappa shape index (κ3) is 3.65. The second-order valence-corrected chi connectivity index (χ2v) is 7.38. The van der Waals surface area contributed by atoms with Gasteiger partial charge in [0.05, 0.1) is 6.42 Å². The van der Waals surface area contributed by atoms with E-state index in [0.717, 1.165) is 40.9 Å². The van der Waals surface area contributed by atoms with Crippen molar-refractivity contribution >= 4 is 34.1 Å². The molecule has 0 aliphatic carbocycles. The van der Waals surface area contributed by atoms with Crippen LogP contribution in [0.2, 0.25) is 5.02 Å². The molecule has 0 atom stereocenters. The van der Waals surface area contributed by atoms with Gasteiger partial charge in [-0.25, -0.2) is 4.39 Å². The van der Waals surface area contributed by atoms with Crippen molar-refractivity contribution in [2.45, 2.75) is 13.3 Å². The second-order valence-electron chi connectivity index (χ2n) is 6.94. The number of nitrogens with zero attached hydrogens (tertiary/aromatic N) is 2. The Labute approximate surface area is 162 Å². The Morgan fingerprint density at radius 1 is 1.11 bits per heavy atom. The summed E-state index contributed by atoms with van der Waals surface area (Å²) >= 11 is 6.13. The molecular weight excluding hydrogens is 365 g/mol. The van der Waals surface area contributed by atoms with E-state index >= 15 is 0 Å². The summed E-state index contributed by atoms with van der Waals surface area (Å²) in [4.78, 5) is 20.3. The normalized spacial score (nSPS) is 14.8. The molecule has 3 aromatic rings. The van der Waals surface area contributed by atoms with Gasteiger partial charge in [0.1, 0.15) is 5.82 Å². The number of aromatic nitrogens is 1. The number of nitrogens with one attached hydrogen (secondary N) is 1. The Balaban J connectivity index is 1.44. The van der Waals surface area contributed by atoms with E-state index in [-0.39, 0.29) is 11.7 Å². The molecule has 27 heavy (non-hydrogen) atoms. The summed E-state index contributed by atoms with van der Waals surface area (Å²) in [6.45, 7) is 4.81. The third-order valence-electron chi connectivity index (χ3n) is 5.23. The minimum absolute atomic E-state index is 0.123. The summed E-state index contributed by atoms with van der Waals surface area (Å²) in [7, 11) is 0. The largest absolute Gasteiger partial charge is 0.368 e. The minimum atomic E-state index is -0.234. The van der Waals surface area contributed by atoms with Gasteiger partial charge in [-0.1, -0.05) is 11.6 Å². The van der Waals surface area contributed by atoms with Crippen molar-refractivity contribution in [3.63, 3.8) is 0 Å². The number of anilines is 1. The van der Waals surface area contributed by atoms with Crippen molar-refractivity contribution in [3.8, 4) is 0 Å². The molecule has 2 heterocycles. The number of piperazine rings is 1. The lowest BCUT2D eigenvalue weighted by atomic mass is 10.1. The van der Waals surface area contributed by atoms with Gasteiger partial charge in [-0.15, -0.1) is 0 Å². The Hall–Kier alpha value is -2.53. The Kier molecular flexibility index (Phi) is 4.79. The maximum atomic E-state index is 13.1. The molecule has 0 saturated carbocycles.